The highest BCUT2D eigenvalue weighted by Crippen LogP contribution is 2.32. The van der Waals surface area contributed by atoms with Gasteiger partial charge in [-0.3, -0.25) is 10.1 Å². The van der Waals surface area contributed by atoms with Gasteiger partial charge >= 0.3 is 5.00 Å². The molecule has 19 heavy (non-hydrogen) atoms. The summed E-state index contributed by atoms with van der Waals surface area (Å²) in [6.45, 7) is 1.82. The van der Waals surface area contributed by atoms with Crippen molar-refractivity contribution >= 4 is 32.4 Å². The Labute approximate surface area is 113 Å². The van der Waals surface area contributed by atoms with Crippen LogP contribution in [0.4, 0.5) is 10.8 Å². The van der Waals surface area contributed by atoms with Crippen LogP contribution in [0.2, 0.25) is 0 Å². The Kier molecular flexibility index (Phi) is 3.26. The van der Waals surface area contributed by atoms with Crippen LogP contribution in [-0.4, -0.2) is 34.0 Å². The van der Waals surface area contributed by atoms with Crippen molar-refractivity contribution < 1.29 is 4.92 Å². The van der Waals surface area contributed by atoms with E-state index in [0.29, 0.717) is 16.7 Å². The van der Waals surface area contributed by atoms with Crippen molar-refractivity contribution in [2.45, 2.75) is 18.9 Å². The number of rotatable bonds is 4. The van der Waals surface area contributed by atoms with Gasteiger partial charge in [0.2, 0.25) is 0 Å². The second-order valence-electron chi connectivity index (χ2n) is 4.46. The molecule has 0 aromatic carbocycles. The van der Waals surface area contributed by atoms with Gasteiger partial charge in [0.05, 0.1) is 10.3 Å². The van der Waals surface area contributed by atoms with Gasteiger partial charge in [0, 0.05) is 18.7 Å². The average Bonchev–Trinajstić information content (AvgIpc) is 3.05. The number of nitrogens with zero attached hydrogens (tertiary/aromatic N) is 3. The summed E-state index contributed by atoms with van der Waals surface area (Å²) in [5, 5.41) is 18.2. The number of nitrogens with one attached hydrogen (secondary N) is 2. The lowest BCUT2D eigenvalue weighted by atomic mass is 10.2. The molecule has 1 aliphatic rings. The van der Waals surface area contributed by atoms with Gasteiger partial charge in [-0.1, -0.05) is 0 Å². The normalized spacial score (nSPS) is 18.8. The first kappa shape index (κ1) is 12.2. The Morgan fingerprint density at radius 3 is 3.21 bits per heavy atom. The minimum atomic E-state index is -0.394. The molecular formula is C11H13N5O2S. The van der Waals surface area contributed by atoms with Crippen molar-refractivity contribution in [3.63, 3.8) is 0 Å². The van der Waals surface area contributed by atoms with Crippen molar-refractivity contribution in [1.82, 2.24) is 15.3 Å². The van der Waals surface area contributed by atoms with Crippen LogP contribution >= 0.6 is 11.3 Å². The highest BCUT2D eigenvalue weighted by Gasteiger charge is 2.17. The number of nitro groups is 1. The summed E-state index contributed by atoms with van der Waals surface area (Å²) < 4.78 is 0. The summed E-state index contributed by atoms with van der Waals surface area (Å²) in [5.74, 6) is 0.669. The number of thiophene rings is 1. The van der Waals surface area contributed by atoms with E-state index in [1.165, 1.54) is 18.8 Å². The predicted octanol–water partition coefficient (Wildman–Crippen LogP) is 1.76. The van der Waals surface area contributed by atoms with E-state index >= 15 is 0 Å². The van der Waals surface area contributed by atoms with Crippen LogP contribution < -0.4 is 10.6 Å². The van der Waals surface area contributed by atoms with E-state index in [1.54, 1.807) is 0 Å². The summed E-state index contributed by atoms with van der Waals surface area (Å²) in [4.78, 5) is 19.3. The highest BCUT2D eigenvalue weighted by molar-refractivity contribution is 7.21. The quantitative estimate of drug-likeness (QED) is 0.654. The van der Waals surface area contributed by atoms with Gasteiger partial charge in [0.25, 0.3) is 0 Å². The fourth-order valence-corrected chi connectivity index (χ4v) is 3.04. The third-order valence-corrected chi connectivity index (χ3v) is 4.17. The van der Waals surface area contributed by atoms with Crippen molar-refractivity contribution in [2.75, 3.05) is 18.4 Å². The summed E-state index contributed by atoms with van der Waals surface area (Å²) in [6.07, 6.45) is 3.77. The Balaban J connectivity index is 1.83. The molecule has 100 valence electrons. The molecule has 3 heterocycles. The van der Waals surface area contributed by atoms with E-state index in [4.69, 9.17) is 0 Å². The van der Waals surface area contributed by atoms with Crippen LogP contribution in [0, 0.1) is 10.1 Å². The van der Waals surface area contributed by atoms with E-state index in [9.17, 15) is 10.1 Å². The molecule has 1 fully saturated rings. The third-order valence-electron chi connectivity index (χ3n) is 3.17. The molecular weight excluding hydrogens is 266 g/mol. The molecule has 1 saturated heterocycles. The lowest BCUT2D eigenvalue weighted by Gasteiger charge is -2.11. The van der Waals surface area contributed by atoms with Gasteiger partial charge in [0.15, 0.2) is 0 Å². The van der Waals surface area contributed by atoms with Gasteiger partial charge in [-0.05, 0) is 30.7 Å². The van der Waals surface area contributed by atoms with Gasteiger partial charge < -0.3 is 10.6 Å². The number of hydrogen-bond acceptors (Lipinski definition) is 7. The maximum atomic E-state index is 10.8. The van der Waals surface area contributed by atoms with Crippen LogP contribution in [0.5, 0.6) is 0 Å². The van der Waals surface area contributed by atoms with Crippen LogP contribution in [0.1, 0.15) is 12.8 Å². The minimum Gasteiger partial charge on any atom is -0.368 e. The summed E-state index contributed by atoms with van der Waals surface area (Å²) in [6, 6.07) is 1.98. The fraction of sp³-hybridized carbons (Fsp3) is 0.455. The van der Waals surface area contributed by atoms with Crippen molar-refractivity contribution in [2.24, 2.45) is 0 Å². The molecule has 0 saturated carbocycles. The topological polar surface area (TPSA) is 93.0 Å². The predicted molar refractivity (Wildman–Crippen MR) is 73.6 cm³/mol. The van der Waals surface area contributed by atoms with Crippen LogP contribution in [0.15, 0.2) is 12.4 Å². The molecule has 2 aromatic heterocycles. The van der Waals surface area contributed by atoms with Crippen molar-refractivity contribution in [1.29, 1.82) is 0 Å². The molecule has 1 unspecified atom stereocenters. The molecule has 2 aromatic rings. The summed E-state index contributed by atoms with van der Waals surface area (Å²) in [5.41, 5.74) is 0. The SMILES string of the molecule is O=[N+]([O-])c1cc2c(NCC3CCCN3)ncnc2s1. The maximum absolute atomic E-state index is 10.8. The summed E-state index contributed by atoms with van der Waals surface area (Å²) in [7, 11) is 0. The highest BCUT2D eigenvalue weighted by atomic mass is 32.1. The lowest BCUT2D eigenvalue weighted by molar-refractivity contribution is -0.380. The monoisotopic (exact) mass is 279 g/mol. The molecule has 0 aliphatic carbocycles. The van der Waals surface area contributed by atoms with Gasteiger partial charge in [0.1, 0.15) is 17.0 Å². The third kappa shape index (κ3) is 2.49. The first-order valence-electron chi connectivity index (χ1n) is 6.10. The molecule has 1 atom stereocenters. The molecule has 7 nitrogen and oxygen atoms in total. The van der Waals surface area contributed by atoms with Crippen LogP contribution in [-0.2, 0) is 0 Å². The van der Waals surface area contributed by atoms with Gasteiger partial charge in [-0.25, -0.2) is 9.97 Å². The van der Waals surface area contributed by atoms with Gasteiger partial charge in [-0.2, -0.15) is 0 Å². The second kappa shape index (κ2) is 5.06. The van der Waals surface area contributed by atoms with Crippen molar-refractivity contribution in [3.8, 4) is 0 Å². The fourth-order valence-electron chi connectivity index (χ4n) is 2.22. The van der Waals surface area contributed by atoms with Gasteiger partial charge in [-0.15, -0.1) is 0 Å². The van der Waals surface area contributed by atoms with E-state index in [-0.39, 0.29) is 5.00 Å². The zero-order valence-electron chi connectivity index (χ0n) is 10.1. The average molecular weight is 279 g/mol. The molecule has 3 rings (SSSR count). The van der Waals surface area contributed by atoms with E-state index < -0.39 is 4.92 Å². The smallest absolute Gasteiger partial charge is 0.326 e. The Hall–Kier alpha value is -1.80. The zero-order chi connectivity index (χ0) is 13.2. The minimum absolute atomic E-state index is 0.0949. The standard InChI is InChI=1S/C11H13N5O2S/c17-16(18)9-4-8-10(14-6-15-11(8)19-9)13-5-7-2-1-3-12-7/h4,6-7,12H,1-3,5H2,(H,13,14,15). The molecule has 8 heteroatoms. The first-order valence-corrected chi connectivity index (χ1v) is 6.92. The van der Waals surface area contributed by atoms with Crippen LogP contribution in [0.25, 0.3) is 10.2 Å². The molecule has 0 radical (unpaired) electrons. The van der Waals surface area contributed by atoms with Crippen LogP contribution in [0.3, 0.4) is 0 Å². The summed E-state index contributed by atoms with van der Waals surface area (Å²) >= 11 is 1.07. The molecule has 0 bridgehead atoms. The maximum Gasteiger partial charge on any atom is 0.326 e. The molecule has 0 spiro atoms. The number of fused-ring (bicyclic) bond motifs is 1. The second-order valence-corrected chi connectivity index (χ2v) is 5.47. The van der Waals surface area contributed by atoms with Crippen molar-refractivity contribution in [3.05, 3.63) is 22.5 Å². The number of anilines is 1. The Morgan fingerprint density at radius 1 is 1.58 bits per heavy atom. The Bertz CT molecular complexity index is 608. The zero-order valence-corrected chi connectivity index (χ0v) is 10.9. The van der Waals surface area contributed by atoms with E-state index in [0.717, 1.165) is 36.2 Å². The van der Waals surface area contributed by atoms with E-state index in [1.807, 2.05) is 0 Å². The molecule has 2 N–H and O–H groups in total. The first-order chi connectivity index (χ1) is 9.24. The largest absolute Gasteiger partial charge is 0.368 e. The lowest BCUT2D eigenvalue weighted by Crippen LogP contribution is -2.29. The Morgan fingerprint density at radius 2 is 2.47 bits per heavy atom. The number of aromatic nitrogens is 2. The molecule has 1 aliphatic heterocycles. The molecule has 0 amide bonds. The van der Waals surface area contributed by atoms with E-state index in [2.05, 4.69) is 20.6 Å². The number of hydrogen-bond donors (Lipinski definition) is 2.